The number of fused-ring (bicyclic) bond motifs is 1. The van der Waals surface area contributed by atoms with E-state index in [0.29, 0.717) is 28.8 Å². The first-order valence-electron chi connectivity index (χ1n) is 6.99. The number of rotatable bonds is 3. The Labute approximate surface area is 135 Å². The predicted octanol–water partition coefficient (Wildman–Crippen LogP) is 1.78. The number of hydrogen-bond acceptors (Lipinski definition) is 5. The quantitative estimate of drug-likeness (QED) is 0.866. The highest BCUT2D eigenvalue weighted by atomic mass is 32.2. The number of benzene rings is 1. The van der Waals surface area contributed by atoms with Crippen LogP contribution in [0.5, 0.6) is 5.75 Å². The van der Waals surface area contributed by atoms with Crippen molar-refractivity contribution in [1.82, 2.24) is 4.98 Å². The van der Waals surface area contributed by atoms with Crippen molar-refractivity contribution in [1.29, 1.82) is 5.26 Å². The summed E-state index contributed by atoms with van der Waals surface area (Å²) in [4.78, 5) is 19.4. The SMILES string of the molecule is CCOc1c(C#N)cnc2ccc(C=S3CC(=O)N=C3N)cc12. The average Bonchev–Trinajstić information content (AvgIpc) is 2.85. The minimum absolute atomic E-state index is 0.189. The number of ether oxygens (including phenoxy) is 1. The Balaban J connectivity index is 2.13. The second kappa shape index (κ2) is 6.18. The number of nitrogens with two attached hydrogens (primary N) is 1. The van der Waals surface area contributed by atoms with Gasteiger partial charge in [0, 0.05) is 11.6 Å². The fraction of sp³-hybridized carbons (Fsp3) is 0.188. The summed E-state index contributed by atoms with van der Waals surface area (Å²) in [7, 11) is -0.487. The summed E-state index contributed by atoms with van der Waals surface area (Å²) in [5.74, 6) is 0.660. The molecule has 23 heavy (non-hydrogen) atoms. The van der Waals surface area contributed by atoms with E-state index in [1.54, 1.807) is 0 Å². The minimum Gasteiger partial charge on any atom is -0.492 e. The normalized spacial score (nSPS) is 17.3. The highest BCUT2D eigenvalue weighted by molar-refractivity contribution is 8.28. The molecule has 2 N–H and O–H groups in total. The third-order valence-corrected chi connectivity index (χ3v) is 5.06. The lowest BCUT2D eigenvalue weighted by Crippen LogP contribution is -2.06. The fourth-order valence-electron chi connectivity index (χ4n) is 2.33. The van der Waals surface area contributed by atoms with Gasteiger partial charge in [0.05, 0.1) is 17.9 Å². The van der Waals surface area contributed by atoms with Crippen LogP contribution < -0.4 is 10.5 Å². The molecule has 0 saturated carbocycles. The molecule has 116 valence electrons. The Bertz CT molecular complexity index is 912. The van der Waals surface area contributed by atoms with Gasteiger partial charge >= 0.3 is 0 Å². The molecular formula is C16H14N4O2S. The summed E-state index contributed by atoms with van der Waals surface area (Å²) in [6.45, 7) is 2.33. The lowest BCUT2D eigenvalue weighted by Gasteiger charge is -2.09. The summed E-state index contributed by atoms with van der Waals surface area (Å²) < 4.78 is 5.63. The molecule has 0 bridgehead atoms. The minimum atomic E-state index is -0.487. The molecule has 2 aromatic rings. The van der Waals surface area contributed by atoms with Crippen LogP contribution in [0.4, 0.5) is 0 Å². The Morgan fingerprint density at radius 2 is 2.35 bits per heavy atom. The summed E-state index contributed by atoms with van der Waals surface area (Å²) in [6.07, 6.45) is 1.51. The Morgan fingerprint density at radius 3 is 3.00 bits per heavy atom. The smallest absolute Gasteiger partial charge is 0.258 e. The van der Waals surface area contributed by atoms with Gasteiger partial charge in [-0.25, -0.2) is 0 Å². The van der Waals surface area contributed by atoms with Gasteiger partial charge in [-0.15, -0.1) is 10.5 Å². The van der Waals surface area contributed by atoms with Crippen LogP contribution in [0.15, 0.2) is 29.4 Å². The molecule has 1 amide bonds. The fourth-order valence-corrected chi connectivity index (χ4v) is 3.70. The highest BCUT2D eigenvalue weighted by Gasteiger charge is 2.16. The lowest BCUT2D eigenvalue weighted by molar-refractivity contribution is -0.115. The van der Waals surface area contributed by atoms with Crippen molar-refractivity contribution in [2.45, 2.75) is 6.92 Å². The van der Waals surface area contributed by atoms with Crippen LogP contribution in [-0.2, 0) is 4.79 Å². The molecule has 7 heteroatoms. The highest BCUT2D eigenvalue weighted by Crippen LogP contribution is 2.29. The number of nitrogens with zero attached hydrogens (tertiary/aromatic N) is 3. The Morgan fingerprint density at radius 1 is 1.52 bits per heavy atom. The van der Waals surface area contributed by atoms with Crippen LogP contribution >= 0.6 is 10.5 Å². The number of amidine groups is 1. The molecule has 0 saturated heterocycles. The van der Waals surface area contributed by atoms with Crippen molar-refractivity contribution < 1.29 is 9.53 Å². The first-order valence-corrected chi connectivity index (χ1v) is 8.45. The first-order chi connectivity index (χ1) is 11.1. The van der Waals surface area contributed by atoms with Crippen LogP contribution in [-0.4, -0.2) is 33.8 Å². The molecule has 0 aliphatic carbocycles. The van der Waals surface area contributed by atoms with Crippen molar-refractivity contribution in [3.05, 3.63) is 35.5 Å². The molecule has 1 aliphatic rings. The molecule has 0 spiro atoms. The molecule has 1 aromatic heterocycles. The molecule has 6 nitrogen and oxygen atoms in total. The van der Waals surface area contributed by atoms with E-state index in [1.165, 1.54) is 6.20 Å². The maximum Gasteiger partial charge on any atom is 0.258 e. The zero-order chi connectivity index (χ0) is 16.4. The van der Waals surface area contributed by atoms with E-state index < -0.39 is 10.5 Å². The van der Waals surface area contributed by atoms with E-state index >= 15 is 0 Å². The molecule has 3 rings (SSSR count). The summed E-state index contributed by atoms with van der Waals surface area (Å²) in [5.41, 5.74) is 7.82. The summed E-state index contributed by atoms with van der Waals surface area (Å²) in [5, 5.41) is 12.3. The first kappa shape index (κ1) is 15.2. The summed E-state index contributed by atoms with van der Waals surface area (Å²) in [6, 6.07) is 7.76. The maximum absolute atomic E-state index is 11.3. The van der Waals surface area contributed by atoms with Gasteiger partial charge in [0.2, 0.25) is 0 Å². The van der Waals surface area contributed by atoms with Crippen LogP contribution in [0.1, 0.15) is 18.1 Å². The van der Waals surface area contributed by atoms with Gasteiger partial charge in [0.25, 0.3) is 5.91 Å². The van der Waals surface area contributed by atoms with Crippen LogP contribution in [0.3, 0.4) is 0 Å². The van der Waals surface area contributed by atoms with Gasteiger partial charge in [0.1, 0.15) is 17.4 Å². The Hall–Kier alpha value is -2.72. The lowest BCUT2D eigenvalue weighted by atomic mass is 10.1. The van der Waals surface area contributed by atoms with Crippen molar-refractivity contribution in [2.75, 3.05) is 12.4 Å². The number of pyridine rings is 1. The largest absolute Gasteiger partial charge is 0.492 e. The van der Waals surface area contributed by atoms with Crippen molar-refractivity contribution in [3.8, 4) is 11.8 Å². The molecule has 2 heterocycles. The number of aliphatic imine (C=N–C) groups is 1. The van der Waals surface area contributed by atoms with Gasteiger partial charge < -0.3 is 10.5 Å². The predicted molar refractivity (Wildman–Crippen MR) is 91.9 cm³/mol. The second-order valence-corrected chi connectivity index (χ2v) is 6.66. The Kier molecular flexibility index (Phi) is 4.08. The number of carbonyl (C=O) groups is 1. The third-order valence-electron chi connectivity index (χ3n) is 3.31. The van der Waals surface area contributed by atoms with Gasteiger partial charge in [-0.05, 0) is 30.0 Å². The van der Waals surface area contributed by atoms with E-state index in [9.17, 15) is 10.1 Å². The molecule has 0 fully saturated rings. The molecule has 1 atom stereocenters. The van der Waals surface area contributed by atoms with Crippen molar-refractivity contribution >= 4 is 37.8 Å². The van der Waals surface area contributed by atoms with Crippen LogP contribution in [0, 0.1) is 11.3 Å². The number of amides is 1. The number of hydrogen-bond donors (Lipinski definition) is 1. The monoisotopic (exact) mass is 326 g/mol. The molecule has 1 unspecified atom stereocenters. The molecular weight excluding hydrogens is 312 g/mol. The molecule has 0 radical (unpaired) electrons. The van der Waals surface area contributed by atoms with Gasteiger partial charge in [-0.3, -0.25) is 9.78 Å². The van der Waals surface area contributed by atoms with Gasteiger partial charge in [-0.1, -0.05) is 6.07 Å². The van der Waals surface area contributed by atoms with Gasteiger partial charge in [-0.2, -0.15) is 10.3 Å². The number of aromatic nitrogens is 1. The van der Waals surface area contributed by atoms with Crippen molar-refractivity contribution in [3.63, 3.8) is 0 Å². The van der Waals surface area contributed by atoms with Gasteiger partial charge in [0.15, 0.2) is 5.17 Å². The van der Waals surface area contributed by atoms with Crippen molar-refractivity contribution in [2.24, 2.45) is 10.7 Å². The summed E-state index contributed by atoms with van der Waals surface area (Å²) >= 11 is 0. The zero-order valence-electron chi connectivity index (χ0n) is 12.4. The zero-order valence-corrected chi connectivity index (χ0v) is 13.3. The number of carbonyl (C=O) groups excluding carboxylic acids is 1. The van der Waals surface area contributed by atoms with E-state index in [0.717, 1.165) is 16.5 Å². The average molecular weight is 326 g/mol. The maximum atomic E-state index is 11.3. The topological polar surface area (TPSA) is 101 Å². The van der Waals surface area contributed by atoms with E-state index in [4.69, 9.17) is 10.5 Å². The van der Waals surface area contributed by atoms with E-state index in [2.05, 4.69) is 16.0 Å². The number of nitriles is 1. The van der Waals surface area contributed by atoms with E-state index in [1.807, 2.05) is 30.5 Å². The molecule has 1 aromatic carbocycles. The van der Waals surface area contributed by atoms with Crippen LogP contribution in [0.25, 0.3) is 10.9 Å². The third kappa shape index (κ3) is 2.94. The van der Waals surface area contributed by atoms with E-state index in [-0.39, 0.29) is 5.91 Å². The standard InChI is InChI=1S/C16H14N4O2S/c1-2-22-15-11(6-17)7-19-13-4-3-10(5-12(13)15)8-23-9-14(21)20-16(23)18/h3-5,7-8H,2,9H2,1H3,(H2,18,20,21). The second-order valence-electron chi connectivity index (χ2n) is 4.86. The van der Waals surface area contributed by atoms with Crippen LogP contribution in [0.2, 0.25) is 0 Å². The molecule has 1 aliphatic heterocycles.